The lowest BCUT2D eigenvalue weighted by Gasteiger charge is -2.12. The number of ketones is 1. The molecule has 2 heteroatoms. The van der Waals surface area contributed by atoms with E-state index in [-0.39, 0.29) is 0 Å². The van der Waals surface area contributed by atoms with Gasteiger partial charge < -0.3 is 4.74 Å². The highest BCUT2D eigenvalue weighted by Gasteiger charge is 2.67. The lowest BCUT2D eigenvalue weighted by Crippen LogP contribution is -2.11. The summed E-state index contributed by atoms with van der Waals surface area (Å²) in [5.74, 6) is 4.82. The van der Waals surface area contributed by atoms with Gasteiger partial charge in [0.1, 0.15) is 5.75 Å². The Morgan fingerprint density at radius 3 is 2.15 bits per heavy atom. The Balaban J connectivity index is 1.61. The maximum absolute atomic E-state index is 12.8. The van der Waals surface area contributed by atoms with Crippen LogP contribution < -0.4 is 4.74 Å². The Kier molecular flexibility index (Phi) is 2.55. The zero-order chi connectivity index (χ0) is 14.0. The Hall–Kier alpha value is -1.31. The van der Waals surface area contributed by atoms with E-state index in [0.29, 0.717) is 11.7 Å². The average molecular weight is 270 g/mol. The van der Waals surface area contributed by atoms with Crippen molar-refractivity contribution in [1.82, 2.24) is 0 Å². The normalized spacial score (nSPS) is 36.9. The zero-order valence-corrected chi connectivity index (χ0v) is 12.5. The van der Waals surface area contributed by atoms with Crippen LogP contribution in [0.1, 0.15) is 40.7 Å². The van der Waals surface area contributed by atoms with Crippen molar-refractivity contribution in [1.29, 1.82) is 0 Å². The summed E-state index contributed by atoms with van der Waals surface area (Å²) in [6.07, 6.45) is 4.15. The van der Waals surface area contributed by atoms with Gasteiger partial charge >= 0.3 is 0 Å². The molecule has 4 unspecified atom stereocenters. The third-order valence-electron chi connectivity index (χ3n) is 5.99. The molecule has 0 heterocycles. The average Bonchev–Trinajstić information content (AvgIpc) is 2.85. The molecule has 3 aliphatic rings. The van der Waals surface area contributed by atoms with Gasteiger partial charge in [-0.05, 0) is 80.0 Å². The molecule has 0 aliphatic heterocycles. The first-order valence-corrected chi connectivity index (χ1v) is 7.81. The number of fused-ring (bicyclic) bond motifs is 5. The van der Waals surface area contributed by atoms with Gasteiger partial charge in [0.2, 0.25) is 0 Å². The minimum Gasteiger partial charge on any atom is -0.496 e. The number of carbonyl (C=O) groups is 1. The number of Topliss-reactive ketones (excluding diaryl/α,β-unsaturated/α-hetero) is 1. The van der Waals surface area contributed by atoms with Gasteiger partial charge in [-0.15, -0.1) is 0 Å². The Morgan fingerprint density at radius 1 is 1.10 bits per heavy atom. The van der Waals surface area contributed by atoms with Gasteiger partial charge in [-0.25, -0.2) is 0 Å². The first-order chi connectivity index (χ1) is 9.61. The summed E-state index contributed by atoms with van der Waals surface area (Å²) in [4.78, 5) is 12.8. The number of hydrogen-bond acceptors (Lipinski definition) is 2. The quantitative estimate of drug-likeness (QED) is 0.781. The van der Waals surface area contributed by atoms with Gasteiger partial charge in [0.25, 0.3) is 0 Å². The standard InChI is InChI=1S/C18H22O2/c1-9-6-13(7-10(2)18(9)20-3)17(19)16-14-11-4-5-12(8-11)15(14)16/h6-7,11-12,14-16H,4-5,8H2,1-3H3. The molecule has 2 bridgehead atoms. The number of aryl methyl sites for hydroxylation is 2. The first kappa shape index (κ1) is 12.4. The van der Waals surface area contributed by atoms with Gasteiger partial charge in [-0.1, -0.05) is 0 Å². The van der Waals surface area contributed by atoms with Crippen molar-refractivity contribution in [2.45, 2.75) is 33.1 Å². The maximum atomic E-state index is 12.8. The van der Waals surface area contributed by atoms with Crippen LogP contribution in [0.5, 0.6) is 5.75 Å². The summed E-state index contributed by atoms with van der Waals surface area (Å²) < 4.78 is 5.39. The van der Waals surface area contributed by atoms with Crippen LogP contribution in [0.25, 0.3) is 0 Å². The molecule has 0 spiro atoms. The minimum absolute atomic E-state index is 0.341. The molecule has 0 saturated heterocycles. The largest absolute Gasteiger partial charge is 0.496 e. The molecule has 1 aromatic rings. The molecular weight excluding hydrogens is 248 g/mol. The predicted molar refractivity (Wildman–Crippen MR) is 78.1 cm³/mol. The van der Waals surface area contributed by atoms with E-state index in [1.165, 1.54) is 19.3 Å². The summed E-state index contributed by atoms with van der Waals surface area (Å²) >= 11 is 0. The molecule has 3 fully saturated rings. The lowest BCUT2D eigenvalue weighted by molar-refractivity contribution is 0.0944. The van der Waals surface area contributed by atoms with Crippen molar-refractivity contribution in [2.24, 2.45) is 29.6 Å². The van der Waals surface area contributed by atoms with Crippen molar-refractivity contribution < 1.29 is 9.53 Å². The highest BCUT2D eigenvalue weighted by molar-refractivity contribution is 6.00. The molecule has 3 aliphatic carbocycles. The van der Waals surface area contributed by atoms with E-state index in [1.54, 1.807) is 7.11 Å². The number of benzene rings is 1. The molecule has 4 rings (SSSR count). The monoisotopic (exact) mass is 270 g/mol. The number of carbonyl (C=O) groups excluding carboxylic acids is 1. The topological polar surface area (TPSA) is 26.3 Å². The van der Waals surface area contributed by atoms with E-state index >= 15 is 0 Å². The van der Waals surface area contributed by atoms with Crippen molar-refractivity contribution >= 4 is 5.78 Å². The summed E-state index contributed by atoms with van der Waals surface area (Å²) in [6.45, 7) is 4.06. The van der Waals surface area contributed by atoms with E-state index in [9.17, 15) is 4.79 Å². The molecule has 4 atom stereocenters. The third-order valence-corrected chi connectivity index (χ3v) is 5.99. The fourth-order valence-corrected chi connectivity index (χ4v) is 5.28. The van der Waals surface area contributed by atoms with Crippen molar-refractivity contribution in [2.75, 3.05) is 7.11 Å². The second kappa shape index (κ2) is 4.09. The summed E-state index contributed by atoms with van der Waals surface area (Å²) in [7, 11) is 1.69. The molecule has 3 saturated carbocycles. The van der Waals surface area contributed by atoms with Gasteiger partial charge in [-0.2, -0.15) is 0 Å². The minimum atomic E-state index is 0.341. The van der Waals surface area contributed by atoms with Crippen LogP contribution >= 0.6 is 0 Å². The highest BCUT2D eigenvalue weighted by Crippen LogP contribution is 2.69. The van der Waals surface area contributed by atoms with E-state index in [0.717, 1.165) is 46.1 Å². The Bertz CT molecular complexity index is 550. The molecular formula is C18H22O2. The smallest absolute Gasteiger partial charge is 0.166 e. The SMILES string of the molecule is COc1c(C)cc(C(=O)C2C3C4CCC(C4)C23)cc1C. The number of hydrogen-bond donors (Lipinski definition) is 0. The maximum Gasteiger partial charge on any atom is 0.166 e. The van der Waals surface area contributed by atoms with E-state index in [2.05, 4.69) is 0 Å². The van der Waals surface area contributed by atoms with Gasteiger partial charge in [0.05, 0.1) is 7.11 Å². The van der Waals surface area contributed by atoms with Crippen LogP contribution in [0.3, 0.4) is 0 Å². The second-order valence-corrected chi connectivity index (χ2v) is 7.02. The zero-order valence-electron chi connectivity index (χ0n) is 12.5. The number of methoxy groups -OCH3 is 1. The molecule has 106 valence electrons. The lowest BCUT2D eigenvalue weighted by atomic mass is 9.94. The van der Waals surface area contributed by atoms with Crippen LogP contribution in [0.4, 0.5) is 0 Å². The van der Waals surface area contributed by atoms with Crippen LogP contribution in [-0.4, -0.2) is 12.9 Å². The first-order valence-electron chi connectivity index (χ1n) is 7.81. The highest BCUT2D eigenvalue weighted by atomic mass is 16.5. The summed E-state index contributed by atoms with van der Waals surface area (Å²) in [5, 5.41) is 0. The van der Waals surface area contributed by atoms with Crippen LogP contribution in [-0.2, 0) is 0 Å². The van der Waals surface area contributed by atoms with Gasteiger partial charge in [0.15, 0.2) is 5.78 Å². The number of rotatable bonds is 3. The van der Waals surface area contributed by atoms with Crippen LogP contribution in [0.2, 0.25) is 0 Å². The second-order valence-electron chi connectivity index (χ2n) is 7.02. The third kappa shape index (κ3) is 1.54. The van der Waals surface area contributed by atoms with Crippen LogP contribution in [0, 0.1) is 43.4 Å². The van der Waals surface area contributed by atoms with Crippen molar-refractivity contribution in [3.63, 3.8) is 0 Å². The molecule has 0 radical (unpaired) electrons. The fraction of sp³-hybridized carbons (Fsp3) is 0.611. The molecule has 0 amide bonds. The number of ether oxygens (including phenoxy) is 1. The van der Waals surface area contributed by atoms with E-state index < -0.39 is 0 Å². The van der Waals surface area contributed by atoms with Gasteiger partial charge in [-0.3, -0.25) is 4.79 Å². The Labute approximate surface area is 120 Å². The summed E-state index contributed by atoms with van der Waals surface area (Å²) in [6, 6.07) is 4.04. The Morgan fingerprint density at radius 2 is 1.65 bits per heavy atom. The van der Waals surface area contributed by atoms with E-state index in [1.807, 2.05) is 26.0 Å². The molecule has 20 heavy (non-hydrogen) atoms. The molecule has 0 aromatic heterocycles. The molecule has 2 nitrogen and oxygen atoms in total. The molecule has 1 aromatic carbocycles. The van der Waals surface area contributed by atoms with E-state index in [4.69, 9.17) is 4.74 Å². The predicted octanol–water partition coefficient (Wildman–Crippen LogP) is 3.79. The van der Waals surface area contributed by atoms with Crippen LogP contribution in [0.15, 0.2) is 12.1 Å². The van der Waals surface area contributed by atoms with Gasteiger partial charge in [0, 0.05) is 11.5 Å². The molecule has 0 N–H and O–H groups in total. The summed E-state index contributed by atoms with van der Waals surface area (Å²) in [5.41, 5.74) is 3.05. The van der Waals surface area contributed by atoms with Crippen molar-refractivity contribution in [3.8, 4) is 5.75 Å². The van der Waals surface area contributed by atoms with Crippen molar-refractivity contribution in [3.05, 3.63) is 28.8 Å². The fourth-order valence-electron chi connectivity index (χ4n) is 5.28.